The highest BCUT2D eigenvalue weighted by molar-refractivity contribution is 6.30. The minimum Gasteiger partial charge on any atom is -0.489 e. The third-order valence-electron chi connectivity index (χ3n) is 4.74. The minimum absolute atomic E-state index is 0.0659. The first-order valence-electron chi connectivity index (χ1n) is 9.47. The van der Waals surface area contributed by atoms with Crippen LogP contribution in [0.1, 0.15) is 16.1 Å². The van der Waals surface area contributed by atoms with Gasteiger partial charge in [0.25, 0.3) is 5.91 Å². The molecule has 1 amide bonds. The van der Waals surface area contributed by atoms with Crippen molar-refractivity contribution in [3.05, 3.63) is 88.8 Å². The van der Waals surface area contributed by atoms with E-state index in [0.717, 1.165) is 6.07 Å². The predicted octanol–water partition coefficient (Wildman–Crippen LogP) is 4.97. The summed E-state index contributed by atoms with van der Waals surface area (Å²) in [6.45, 7) is -0.0659. The molecule has 0 saturated heterocycles. The van der Waals surface area contributed by atoms with Crippen LogP contribution in [0.4, 0.5) is 14.7 Å². The largest absolute Gasteiger partial charge is 0.489 e. The Morgan fingerprint density at radius 3 is 2.81 bits per heavy atom. The maximum absolute atomic E-state index is 13.8. The van der Waals surface area contributed by atoms with Crippen LogP contribution in [0.2, 0.25) is 5.02 Å². The average molecular weight is 454 g/mol. The van der Waals surface area contributed by atoms with Gasteiger partial charge < -0.3 is 14.1 Å². The van der Waals surface area contributed by atoms with E-state index in [-0.39, 0.29) is 23.8 Å². The molecule has 0 aliphatic carbocycles. The van der Waals surface area contributed by atoms with Gasteiger partial charge in [-0.15, -0.1) is 0 Å². The molecule has 0 unspecified atom stereocenters. The van der Waals surface area contributed by atoms with E-state index < -0.39 is 17.5 Å². The van der Waals surface area contributed by atoms with E-state index in [0.29, 0.717) is 27.5 Å². The van der Waals surface area contributed by atoms with E-state index >= 15 is 0 Å². The van der Waals surface area contributed by atoms with Gasteiger partial charge in [0.2, 0.25) is 5.95 Å². The molecular weight excluding hydrogens is 440 g/mol. The zero-order valence-corrected chi connectivity index (χ0v) is 17.0. The summed E-state index contributed by atoms with van der Waals surface area (Å²) in [7, 11) is 0. The van der Waals surface area contributed by atoms with Gasteiger partial charge in [0.05, 0.1) is 16.1 Å². The Labute approximate surface area is 184 Å². The summed E-state index contributed by atoms with van der Waals surface area (Å²) in [5, 5.41) is 3.20. The summed E-state index contributed by atoms with van der Waals surface area (Å²) >= 11 is 5.96. The van der Waals surface area contributed by atoms with Crippen LogP contribution in [0.5, 0.6) is 5.75 Å². The van der Waals surface area contributed by atoms with E-state index in [1.54, 1.807) is 47.1 Å². The molecule has 10 heteroatoms. The van der Waals surface area contributed by atoms with E-state index in [9.17, 15) is 13.6 Å². The molecule has 5 rings (SSSR count). The molecule has 0 bridgehead atoms. The highest BCUT2D eigenvalue weighted by atomic mass is 35.5. The molecule has 0 spiro atoms. The number of carbonyl (C=O) groups excluding carboxylic acids is 1. The van der Waals surface area contributed by atoms with Gasteiger partial charge in [-0.05, 0) is 36.4 Å². The fraction of sp³-hybridized carbons (Fsp3) is 0.0455. The number of carbonyl (C=O) groups is 1. The monoisotopic (exact) mass is 453 g/mol. The molecule has 0 aliphatic heterocycles. The highest BCUT2D eigenvalue weighted by Crippen LogP contribution is 2.22. The first-order chi connectivity index (χ1) is 15.4. The second-order valence-corrected chi connectivity index (χ2v) is 7.42. The number of amides is 1. The van der Waals surface area contributed by atoms with Gasteiger partial charge in [0.1, 0.15) is 35.3 Å². The normalized spacial score (nSPS) is 11.2. The lowest BCUT2D eigenvalue weighted by Gasteiger charge is -2.07. The Kier molecular flexibility index (Phi) is 4.95. The molecule has 0 atom stereocenters. The van der Waals surface area contributed by atoms with Gasteiger partial charge in [-0.3, -0.25) is 10.1 Å². The zero-order chi connectivity index (χ0) is 22.2. The number of pyridine rings is 1. The van der Waals surface area contributed by atoms with E-state index in [1.165, 1.54) is 12.1 Å². The third-order valence-corrected chi connectivity index (χ3v) is 4.97. The fourth-order valence-corrected chi connectivity index (χ4v) is 3.35. The van der Waals surface area contributed by atoms with Crippen molar-refractivity contribution < 1.29 is 18.3 Å². The van der Waals surface area contributed by atoms with Crippen LogP contribution in [-0.4, -0.2) is 25.3 Å². The molecule has 3 heterocycles. The number of hydrogen-bond acceptors (Lipinski definition) is 4. The Morgan fingerprint density at radius 2 is 1.97 bits per heavy atom. The zero-order valence-electron chi connectivity index (χ0n) is 16.3. The van der Waals surface area contributed by atoms with E-state index in [4.69, 9.17) is 16.3 Å². The third kappa shape index (κ3) is 3.97. The standard InChI is InChI=1S/C22H14ClF2N5O2/c23-13-2-6-20-26-19(10-30(20)9-13)21(31)29-22-27-17-5-4-15(8-18(17)28-22)32-11-12-1-3-14(24)7-16(12)25/h1-10H,11H2,(H2,27,28,29,31). The summed E-state index contributed by atoms with van der Waals surface area (Å²) in [5.41, 5.74) is 2.23. The topological polar surface area (TPSA) is 84.3 Å². The molecule has 5 aromatic rings. The highest BCUT2D eigenvalue weighted by Gasteiger charge is 2.14. The smallest absolute Gasteiger partial charge is 0.278 e. The van der Waals surface area contributed by atoms with Crippen molar-refractivity contribution in [2.75, 3.05) is 5.32 Å². The van der Waals surface area contributed by atoms with Crippen LogP contribution in [0.25, 0.3) is 16.7 Å². The first kappa shape index (κ1) is 20.0. The van der Waals surface area contributed by atoms with Gasteiger partial charge in [0, 0.05) is 30.1 Å². The van der Waals surface area contributed by atoms with Gasteiger partial charge in [0.15, 0.2) is 0 Å². The van der Waals surface area contributed by atoms with Crippen molar-refractivity contribution in [2.24, 2.45) is 0 Å². The summed E-state index contributed by atoms with van der Waals surface area (Å²) in [6, 6.07) is 11.8. The number of rotatable bonds is 5. The molecule has 7 nitrogen and oxygen atoms in total. The van der Waals surface area contributed by atoms with Gasteiger partial charge >= 0.3 is 0 Å². The van der Waals surface area contributed by atoms with Crippen molar-refractivity contribution in [3.8, 4) is 5.75 Å². The molecule has 0 aliphatic rings. The number of aromatic nitrogens is 4. The second kappa shape index (κ2) is 7.93. The summed E-state index contributed by atoms with van der Waals surface area (Å²) in [5.74, 6) is -1.08. The van der Waals surface area contributed by atoms with Crippen molar-refractivity contribution >= 4 is 40.1 Å². The number of nitrogens with one attached hydrogen (secondary N) is 2. The van der Waals surface area contributed by atoms with Crippen LogP contribution in [0, 0.1) is 11.6 Å². The Morgan fingerprint density at radius 1 is 1.09 bits per heavy atom. The molecule has 0 saturated carbocycles. The van der Waals surface area contributed by atoms with Crippen molar-refractivity contribution in [3.63, 3.8) is 0 Å². The summed E-state index contributed by atoms with van der Waals surface area (Å²) < 4.78 is 34.0. The predicted molar refractivity (Wildman–Crippen MR) is 115 cm³/mol. The average Bonchev–Trinajstić information content (AvgIpc) is 3.35. The number of imidazole rings is 2. The van der Waals surface area contributed by atoms with Crippen LogP contribution < -0.4 is 10.1 Å². The number of benzene rings is 2. The molecular formula is C22H14ClF2N5O2. The molecule has 0 fully saturated rings. The Bertz CT molecular complexity index is 1480. The lowest BCUT2D eigenvalue weighted by Crippen LogP contribution is -2.13. The van der Waals surface area contributed by atoms with Crippen LogP contribution >= 0.6 is 11.6 Å². The lowest BCUT2D eigenvalue weighted by atomic mass is 10.2. The number of halogens is 3. The van der Waals surface area contributed by atoms with Crippen molar-refractivity contribution in [2.45, 2.75) is 6.61 Å². The first-order valence-corrected chi connectivity index (χ1v) is 9.84. The van der Waals surface area contributed by atoms with Crippen LogP contribution in [0.3, 0.4) is 0 Å². The molecule has 32 heavy (non-hydrogen) atoms. The van der Waals surface area contributed by atoms with E-state index in [1.807, 2.05) is 0 Å². The van der Waals surface area contributed by atoms with Crippen molar-refractivity contribution in [1.82, 2.24) is 19.4 Å². The number of nitrogens with zero attached hydrogens (tertiary/aromatic N) is 3. The summed E-state index contributed by atoms with van der Waals surface area (Å²) in [4.78, 5) is 24.2. The number of ether oxygens (including phenoxy) is 1. The second-order valence-electron chi connectivity index (χ2n) is 6.98. The number of fused-ring (bicyclic) bond motifs is 2. The Balaban J connectivity index is 1.31. The number of aromatic amines is 1. The fourth-order valence-electron chi connectivity index (χ4n) is 3.18. The summed E-state index contributed by atoms with van der Waals surface area (Å²) in [6.07, 6.45) is 3.22. The maximum atomic E-state index is 13.8. The van der Waals surface area contributed by atoms with Gasteiger partial charge in [-0.2, -0.15) is 0 Å². The van der Waals surface area contributed by atoms with E-state index in [2.05, 4.69) is 20.3 Å². The maximum Gasteiger partial charge on any atom is 0.278 e. The molecule has 3 aromatic heterocycles. The number of hydrogen-bond donors (Lipinski definition) is 2. The van der Waals surface area contributed by atoms with Gasteiger partial charge in [-0.25, -0.2) is 18.7 Å². The minimum atomic E-state index is -0.676. The lowest BCUT2D eigenvalue weighted by molar-refractivity contribution is 0.102. The molecule has 2 aromatic carbocycles. The molecule has 2 N–H and O–H groups in total. The van der Waals surface area contributed by atoms with Crippen molar-refractivity contribution in [1.29, 1.82) is 0 Å². The number of anilines is 1. The Hall–Kier alpha value is -3.98. The van der Waals surface area contributed by atoms with Crippen LogP contribution in [-0.2, 0) is 6.61 Å². The SMILES string of the molecule is O=C(Nc1nc2cc(OCc3ccc(F)cc3F)ccc2[nH]1)c1cn2cc(Cl)ccc2n1. The molecule has 160 valence electrons. The number of H-pyrrole nitrogens is 1. The van der Waals surface area contributed by atoms with Crippen LogP contribution in [0.15, 0.2) is 60.9 Å². The van der Waals surface area contributed by atoms with Gasteiger partial charge in [-0.1, -0.05) is 11.6 Å². The molecule has 0 radical (unpaired) electrons. The quantitative estimate of drug-likeness (QED) is 0.393.